The Morgan fingerprint density at radius 3 is 2.69 bits per heavy atom. The lowest BCUT2D eigenvalue weighted by Crippen LogP contribution is -2.32. The van der Waals surface area contributed by atoms with Crippen LogP contribution in [0.1, 0.15) is 39.0 Å². The van der Waals surface area contributed by atoms with Crippen LogP contribution < -0.4 is 15.0 Å². The molecule has 0 fully saturated rings. The zero-order valence-corrected chi connectivity index (χ0v) is 17.7. The summed E-state index contributed by atoms with van der Waals surface area (Å²) < 4.78 is 12.9. The van der Waals surface area contributed by atoms with Gasteiger partial charge in [0.1, 0.15) is 5.69 Å². The van der Waals surface area contributed by atoms with Crippen molar-refractivity contribution in [2.75, 3.05) is 13.7 Å². The second-order valence-electron chi connectivity index (χ2n) is 6.46. The minimum Gasteiger partial charge on any atom is -0.493 e. The molecule has 1 heterocycles. The van der Waals surface area contributed by atoms with Gasteiger partial charge in [-0.15, -0.1) is 0 Å². The molecule has 9 heteroatoms. The summed E-state index contributed by atoms with van der Waals surface area (Å²) >= 11 is 8.61. The molecule has 0 amide bonds. The maximum absolute atomic E-state index is 12.6. The zero-order chi connectivity index (χ0) is 19.5. The summed E-state index contributed by atoms with van der Waals surface area (Å²) in [6.07, 6.45) is 1.53. The number of hydrogen-bond acceptors (Lipinski definition) is 6. The predicted molar refractivity (Wildman–Crippen MR) is 107 cm³/mol. The molecule has 0 atom stereocenters. The van der Waals surface area contributed by atoms with E-state index in [1.807, 2.05) is 33.8 Å². The number of ether oxygens (including phenoxy) is 2. The van der Waals surface area contributed by atoms with Crippen LogP contribution in [0.5, 0.6) is 11.5 Å². The maximum Gasteiger partial charge on any atom is 0.297 e. The van der Waals surface area contributed by atoms with Gasteiger partial charge in [0.2, 0.25) is 4.77 Å². The Hall–Kier alpha value is -2.00. The van der Waals surface area contributed by atoms with E-state index in [0.29, 0.717) is 29.4 Å². The number of H-pyrrole nitrogens is 1. The van der Waals surface area contributed by atoms with Gasteiger partial charge >= 0.3 is 0 Å². The van der Waals surface area contributed by atoms with Crippen molar-refractivity contribution in [2.24, 2.45) is 5.10 Å². The number of hydrogen-bond donors (Lipinski definition) is 1. The monoisotopic (exact) mass is 440 g/mol. The molecule has 2 aromatic rings. The molecule has 1 aromatic carbocycles. The van der Waals surface area contributed by atoms with Gasteiger partial charge in [-0.1, -0.05) is 20.8 Å². The van der Waals surface area contributed by atoms with Gasteiger partial charge < -0.3 is 9.47 Å². The normalized spacial score (nSPS) is 11.8. The zero-order valence-electron chi connectivity index (χ0n) is 15.3. The van der Waals surface area contributed by atoms with Gasteiger partial charge in [0, 0.05) is 5.41 Å². The van der Waals surface area contributed by atoms with Crippen LogP contribution in [-0.2, 0) is 5.41 Å². The molecule has 26 heavy (non-hydrogen) atoms. The third-order valence-electron chi connectivity index (χ3n) is 3.42. The van der Waals surface area contributed by atoms with Crippen LogP contribution in [0.25, 0.3) is 0 Å². The second kappa shape index (κ2) is 8.13. The van der Waals surface area contributed by atoms with Gasteiger partial charge in [-0.25, -0.2) is 0 Å². The van der Waals surface area contributed by atoms with E-state index < -0.39 is 5.41 Å². The Morgan fingerprint density at radius 2 is 2.12 bits per heavy atom. The quantitative estimate of drug-likeness (QED) is 0.566. The van der Waals surface area contributed by atoms with Crippen LogP contribution in [0.15, 0.2) is 26.5 Å². The second-order valence-corrected chi connectivity index (χ2v) is 7.70. The summed E-state index contributed by atoms with van der Waals surface area (Å²) in [5.41, 5.74) is 0.287. The molecule has 2 rings (SSSR count). The predicted octanol–water partition coefficient (Wildman–Crippen LogP) is 3.65. The molecule has 1 N–H and O–H groups in total. The number of nitrogens with zero attached hydrogens (tertiary/aromatic N) is 3. The van der Waals surface area contributed by atoms with E-state index in [-0.39, 0.29) is 10.3 Å². The SMILES string of the molecule is CCOc1c(Br)cc(/C=N\n2c(=S)[nH]nc(C(C)(C)C)c2=O)cc1OC. The Kier molecular flexibility index (Phi) is 6.35. The average Bonchev–Trinajstić information content (AvgIpc) is 2.55. The van der Waals surface area contributed by atoms with E-state index in [4.69, 9.17) is 21.7 Å². The Balaban J connectivity index is 2.50. The van der Waals surface area contributed by atoms with Crippen LogP contribution in [0.2, 0.25) is 0 Å². The molecule has 0 spiro atoms. The first-order valence-electron chi connectivity index (χ1n) is 7.96. The highest BCUT2D eigenvalue weighted by molar-refractivity contribution is 9.10. The molecule has 140 valence electrons. The first-order valence-corrected chi connectivity index (χ1v) is 9.16. The summed E-state index contributed by atoms with van der Waals surface area (Å²) in [4.78, 5) is 12.6. The van der Waals surface area contributed by atoms with Crippen molar-refractivity contribution in [3.8, 4) is 11.5 Å². The number of rotatable bonds is 5. The summed E-state index contributed by atoms with van der Waals surface area (Å²) in [5.74, 6) is 1.17. The minimum atomic E-state index is -0.431. The van der Waals surface area contributed by atoms with Crippen molar-refractivity contribution < 1.29 is 9.47 Å². The van der Waals surface area contributed by atoms with Crippen molar-refractivity contribution in [3.05, 3.63) is 43.0 Å². The third kappa shape index (κ3) is 4.39. The lowest BCUT2D eigenvalue weighted by molar-refractivity contribution is 0.309. The van der Waals surface area contributed by atoms with Gasteiger partial charge in [0.05, 0.1) is 24.4 Å². The number of aromatic amines is 1. The lowest BCUT2D eigenvalue weighted by atomic mass is 9.93. The number of aromatic nitrogens is 3. The molecule has 0 aliphatic carbocycles. The Morgan fingerprint density at radius 1 is 1.42 bits per heavy atom. The molecule has 0 bridgehead atoms. The van der Waals surface area contributed by atoms with Gasteiger partial charge in [0.25, 0.3) is 5.56 Å². The molecule has 0 radical (unpaired) electrons. The summed E-state index contributed by atoms with van der Waals surface area (Å²) in [6, 6.07) is 3.59. The van der Waals surface area contributed by atoms with Crippen LogP contribution in [0.3, 0.4) is 0 Å². The first-order chi connectivity index (χ1) is 12.2. The highest BCUT2D eigenvalue weighted by atomic mass is 79.9. The van der Waals surface area contributed by atoms with Gasteiger partial charge in [0.15, 0.2) is 11.5 Å². The van der Waals surface area contributed by atoms with E-state index in [1.165, 1.54) is 6.21 Å². The van der Waals surface area contributed by atoms with Crippen LogP contribution >= 0.6 is 28.1 Å². The van der Waals surface area contributed by atoms with Crippen molar-refractivity contribution in [1.82, 2.24) is 14.9 Å². The topological polar surface area (TPSA) is 81.5 Å². The average molecular weight is 441 g/mol. The summed E-state index contributed by atoms with van der Waals surface area (Å²) in [5, 5.41) is 11.0. The minimum absolute atomic E-state index is 0.121. The molecule has 1 aromatic heterocycles. The molecule has 0 aliphatic rings. The molecule has 0 unspecified atom stereocenters. The highest BCUT2D eigenvalue weighted by Gasteiger charge is 2.21. The number of benzene rings is 1. The fourth-order valence-electron chi connectivity index (χ4n) is 2.21. The number of halogens is 1. The molecular weight excluding hydrogens is 420 g/mol. The van der Waals surface area contributed by atoms with Crippen molar-refractivity contribution in [1.29, 1.82) is 0 Å². The smallest absolute Gasteiger partial charge is 0.297 e. The fraction of sp³-hybridized carbons (Fsp3) is 0.412. The van der Waals surface area contributed by atoms with E-state index in [0.717, 1.165) is 9.15 Å². The fourth-order valence-corrected chi connectivity index (χ4v) is 2.96. The molecule has 0 aliphatic heterocycles. The van der Waals surface area contributed by atoms with Gasteiger partial charge in [-0.2, -0.15) is 14.9 Å². The number of nitrogens with one attached hydrogen (secondary N) is 1. The van der Waals surface area contributed by atoms with Crippen molar-refractivity contribution in [2.45, 2.75) is 33.1 Å². The Labute approximate surface area is 165 Å². The van der Waals surface area contributed by atoms with Crippen molar-refractivity contribution in [3.63, 3.8) is 0 Å². The molecular formula is C17H21BrN4O3S. The van der Waals surface area contributed by atoms with E-state index in [2.05, 4.69) is 31.2 Å². The summed E-state index contributed by atoms with van der Waals surface area (Å²) in [6.45, 7) is 8.10. The summed E-state index contributed by atoms with van der Waals surface area (Å²) in [7, 11) is 1.56. The van der Waals surface area contributed by atoms with E-state index in [9.17, 15) is 4.79 Å². The molecule has 0 saturated carbocycles. The number of methoxy groups -OCH3 is 1. The third-order valence-corrected chi connectivity index (χ3v) is 4.28. The Bertz CT molecular complexity index is 944. The van der Waals surface area contributed by atoms with Crippen LogP contribution in [-0.4, -0.2) is 34.8 Å². The molecule has 0 saturated heterocycles. The lowest BCUT2D eigenvalue weighted by Gasteiger charge is -2.16. The maximum atomic E-state index is 12.6. The van der Waals surface area contributed by atoms with Gasteiger partial charge in [-0.3, -0.25) is 9.89 Å². The van der Waals surface area contributed by atoms with Crippen LogP contribution in [0, 0.1) is 4.77 Å². The standard InChI is InChI=1S/C17H21BrN4O3S/c1-6-25-13-11(18)7-10(8-12(13)24-5)9-19-22-15(23)14(17(2,3)4)20-21-16(22)26/h7-9H,6H2,1-5H3,(H,21,26)/b19-9-. The van der Waals surface area contributed by atoms with Gasteiger partial charge in [-0.05, 0) is 52.8 Å². The van der Waals surface area contributed by atoms with Crippen molar-refractivity contribution >= 4 is 34.4 Å². The highest BCUT2D eigenvalue weighted by Crippen LogP contribution is 2.36. The first kappa shape index (κ1) is 20.3. The van der Waals surface area contributed by atoms with Crippen LogP contribution in [0.4, 0.5) is 0 Å². The molecule has 7 nitrogen and oxygen atoms in total. The largest absolute Gasteiger partial charge is 0.493 e. The van der Waals surface area contributed by atoms with E-state index in [1.54, 1.807) is 13.2 Å². The van der Waals surface area contributed by atoms with E-state index >= 15 is 0 Å².